The average molecular weight is 251 g/mol. The second-order valence-corrected chi connectivity index (χ2v) is 4.31. The lowest BCUT2D eigenvalue weighted by Crippen LogP contribution is -2.17. The predicted molar refractivity (Wildman–Crippen MR) is 67.7 cm³/mol. The smallest absolute Gasteiger partial charge is 0.128 e. The van der Waals surface area contributed by atoms with Crippen molar-refractivity contribution in [2.24, 2.45) is 7.05 Å². The van der Waals surface area contributed by atoms with E-state index < -0.39 is 0 Å². The van der Waals surface area contributed by atoms with Crippen molar-refractivity contribution in [3.8, 4) is 0 Å². The summed E-state index contributed by atoms with van der Waals surface area (Å²) in [5.41, 5.74) is 2.26. The first-order chi connectivity index (χ1) is 8.18. The Hall–Kier alpha value is -1.39. The normalized spacial score (nSPS) is 10.8. The first-order valence-corrected chi connectivity index (χ1v) is 5.83. The van der Waals surface area contributed by atoms with Crippen LogP contribution >= 0.6 is 11.6 Å². The zero-order valence-electron chi connectivity index (χ0n) is 9.94. The van der Waals surface area contributed by atoms with Gasteiger partial charge in [-0.3, -0.25) is 4.98 Å². The number of nitrogens with zero attached hydrogens (tertiary/aromatic N) is 3. The molecule has 0 saturated heterocycles. The Labute approximate surface area is 106 Å². The molecule has 0 aliphatic carbocycles. The van der Waals surface area contributed by atoms with Crippen LogP contribution in [0.1, 0.15) is 17.1 Å². The van der Waals surface area contributed by atoms with Crippen LogP contribution in [-0.4, -0.2) is 14.5 Å². The van der Waals surface area contributed by atoms with Crippen LogP contribution in [0.3, 0.4) is 0 Å². The van der Waals surface area contributed by atoms with Gasteiger partial charge in [0.15, 0.2) is 0 Å². The molecular weight excluding hydrogens is 236 g/mol. The second kappa shape index (κ2) is 5.29. The van der Waals surface area contributed by atoms with Gasteiger partial charge in [0.2, 0.25) is 0 Å². The highest BCUT2D eigenvalue weighted by atomic mass is 35.5. The van der Waals surface area contributed by atoms with Crippen LogP contribution in [0.2, 0.25) is 5.15 Å². The van der Waals surface area contributed by atoms with Crippen molar-refractivity contribution in [3.63, 3.8) is 0 Å². The van der Waals surface area contributed by atoms with Crippen LogP contribution in [0.15, 0.2) is 24.5 Å². The zero-order valence-corrected chi connectivity index (χ0v) is 10.7. The summed E-state index contributed by atoms with van der Waals surface area (Å²) >= 11 is 5.91. The Morgan fingerprint density at radius 1 is 1.35 bits per heavy atom. The molecule has 2 heterocycles. The number of imidazole rings is 1. The third-order valence-corrected chi connectivity index (χ3v) is 3.07. The van der Waals surface area contributed by atoms with E-state index in [2.05, 4.69) is 28.3 Å². The van der Waals surface area contributed by atoms with Crippen molar-refractivity contribution < 1.29 is 0 Å². The fraction of sp³-hybridized carbons (Fsp3) is 0.333. The molecule has 2 aromatic rings. The van der Waals surface area contributed by atoms with Gasteiger partial charge in [-0.1, -0.05) is 17.7 Å². The lowest BCUT2D eigenvalue weighted by atomic mass is 10.2. The molecule has 0 saturated carbocycles. The maximum atomic E-state index is 5.91. The van der Waals surface area contributed by atoms with Gasteiger partial charge in [0.05, 0.1) is 18.4 Å². The summed E-state index contributed by atoms with van der Waals surface area (Å²) in [5, 5.41) is 3.96. The molecule has 0 unspecified atom stereocenters. The zero-order chi connectivity index (χ0) is 12.3. The number of aromatic nitrogens is 3. The summed E-state index contributed by atoms with van der Waals surface area (Å²) in [6.07, 6.45) is 3.46. The lowest BCUT2D eigenvalue weighted by Gasteiger charge is -2.06. The molecule has 0 bridgehead atoms. The van der Waals surface area contributed by atoms with Gasteiger partial charge in [-0.25, -0.2) is 4.98 Å². The highest BCUT2D eigenvalue weighted by Gasteiger charge is 2.04. The van der Waals surface area contributed by atoms with Crippen molar-refractivity contribution in [2.45, 2.75) is 20.0 Å². The molecule has 1 N–H and O–H groups in total. The van der Waals surface area contributed by atoms with Gasteiger partial charge in [-0.2, -0.15) is 0 Å². The number of halogens is 1. The van der Waals surface area contributed by atoms with E-state index >= 15 is 0 Å². The number of nitrogens with one attached hydrogen (secondary N) is 1. The molecule has 5 heteroatoms. The molecule has 17 heavy (non-hydrogen) atoms. The first-order valence-electron chi connectivity index (χ1n) is 5.46. The lowest BCUT2D eigenvalue weighted by molar-refractivity contribution is 0.629. The summed E-state index contributed by atoms with van der Waals surface area (Å²) in [7, 11) is 1.90. The van der Waals surface area contributed by atoms with E-state index in [1.54, 1.807) is 6.20 Å². The molecule has 2 aromatic heterocycles. The van der Waals surface area contributed by atoms with Gasteiger partial charge < -0.3 is 9.88 Å². The Bertz CT molecular complexity index is 507. The maximum absolute atomic E-state index is 5.91. The van der Waals surface area contributed by atoms with Crippen LogP contribution in [0.4, 0.5) is 0 Å². The summed E-state index contributed by atoms with van der Waals surface area (Å²) in [5.74, 6) is 0.920. The monoisotopic (exact) mass is 250 g/mol. The molecule has 0 fully saturated rings. The summed E-state index contributed by atoms with van der Waals surface area (Å²) in [4.78, 5) is 8.54. The number of pyridine rings is 1. The van der Waals surface area contributed by atoms with E-state index in [1.165, 1.54) is 5.56 Å². The van der Waals surface area contributed by atoms with Crippen molar-refractivity contribution >= 4 is 11.6 Å². The van der Waals surface area contributed by atoms with Crippen LogP contribution in [0, 0.1) is 6.92 Å². The van der Waals surface area contributed by atoms with E-state index in [0.717, 1.165) is 18.1 Å². The fourth-order valence-electron chi connectivity index (χ4n) is 1.58. The summed E-state index contributed by atoms with van der Waals surface area (Å²) in [6.45, 7) is 3.47. The molecule has 0 aromatic carbocycles. The minimum atomic E-state index is 0.649. The number of hydrogen-bond donors (Lipinski definition) is 1. The van der Waals surface area contributed by atoms with Gasteiger partial charge in [-0.05, 0) is 18.6 Å². The van der Waals surface area contributed by atoms with Crippen LogP contribution in [0.25, 0.3) is 0 Å². The largest absolute Gasteiger partial charge is 0.321 e. The van der Waals surface area contributed by atoms with Crippen molar-refractivity contribution in [1.29, 1.82) is 0 Å². The Kier molecular flexibility index (Phi) is 3.76. The fourth-order valence-corrected chi connectivity index (χ4v) is 1.73. The predicted octanol–water partition coefficient (Wildman–Crippen LogP) is 2.07. The number of hydrogen-bond acceptors (Lipinski definition) is 3. The molecular formula is C12H15ClN4. The van der Waals surface area contributed by atoms with Gasteiger partial charge in [0.1, 0.15) is 11.0 Å². The highest BCUT2D eigenvalue weighted by molar-refractivity contribution is 6.29. The van der Waals surface area contributed by atoms with Crippen LogP contribution in [-0.2, 0) is 20.1 Å². The third kappa shape index (κ3) is 2.84. The molecule has 0 spiro atoms. The average Bonchev–Trinajstić information content (AvgIpc) is 2.63. The Balaban J connectivity index is 1.92. The van der Waals surface area contributed by atoms with Gasteiger partial charge in [-0.15, -0.1) is 0 Å². The first kappa shape index (κ1) is 12.1. The Morgan fingerprint density at radius 2 is 2.18 bits per heavy atom. The molecule has 0 radical (unpaired) electrons. The summed E-state index contributed by atoms with van der Waals surface area (Å²) < 4.78 is 1.86. The van der Waals surface area contributed by atoms with E-state index in [-0.39, 0.29) is 0 Å². The van der Waals surface area contributed by atoms with E-state index in [1.807, 2.05) is 23.9 Å². The highest BCUT2D eigenvalue weighted by Crippen LogP contribution is 2.09. The minimum absolute atomic E-state index is 0.649. The molecule has 0 aliphatic rings. The molecule has 90 valence electrons. The molecule has 4 nitrogen and oxygen atoms in total. The topological polar surface area (TPSA) is 42.7 Å². The third-order valence-electron chi connectivity index (χ3n) is 2.72. The van der Waals surface area contributed by atoms with E-state index in [0.29, 0.717) is 11.7 Å². The van der Waals surface area contributed by atoms with Crippen molar-refractivity contribution in [2.75, 3.05) is 0 Å². The second-order valence-electron chi connectivity index (χ2n) is 3.93. The minimum Gasteiger partial charge on any atom is -0.321 e. The Morgan fingerprint density at radius 3 is 2.82 bits per heavy atom. The van der Waals surface area contributed by atoms with Crippen molar-refractivity contribution in [3.05, 3.63) is 46.8 Å². The van der Waals surface area contributed by atoms with E-state index in [4.69, 9.17) is 11.6 Å². The maximum Gasteiger partial charge on any atom is 0.128 e. The standard InChI is InChI=1S/C12H15ClN4/c1-9-4-3-5-15-10(9)6-14-8-12-16-7-11(13)17(12)2/h3-5,7,14H,6,8H2,1-2H3. The van der Waals surface area contributed by atoms with Crippen LogP contribution in [0.5, 0.6) is 0 Å². The number of aryl methyl sites for hydroxylation is 1. The van der Waals surface area contributed by atoms with Crippen LogP contribution < -0.4 is 5.32 Å². The molecule has 2 rings (SSSR count). The number of rotatable bonds is 4. The SMILES string of the molecule is Cc1cccnc1CNCc1ncc(Cl)n1C. The molecule has 0 aliphatic heterocycles. The molecule has 0 atom stereocenters. The van der Waals surface area contributed by atoms with Crippen molar-refractivity contribution in [1.82, 2.24) is 19.9 Å². The van der Waals surface area contributed by atoms with Gasteiger partial charge in [0, 0.05) is 19.8 Å². The summed E-state index contributed by atoms with van der Waals surface area (Å²) in [6, 6.07) is 4.00. The van der Waals surface area contributed by atoms with Gasteiger partial charge in [0.25, 0.3) is 0 Å². The van der Waals surface area contributed by atoms with E-state index in [9.17, 15) is 0 Å². The quantitative estimate of drug-likeness (QED) is 0.903. The molecule has 0 amide bonds. The van der Waals surface area contributed by atoms with Gasteiger partial charge >= 0.3 is 0 Å².